The molecular formula is C20H23N3O2S2. The van der Waals surface area contributed by atoms with Gasteiger partial charge in [0.2, 0.25) is 11.8 Å². The molecule has 0 saturated heterocycles. The summed E-state index contributed by atoms with van der Waals surface area (Å²) < 4.78 is 0. The number of benzene rings is 2. The fourth-order valence-corrected chi connectivity index (χ4v) is 3.18. The van der Waals surface area contributed by atoms with Crippen molar-refractivity contribution in [2.45, 2.75) is 25.0 Å². The molecule has 2 aromatic carbocycles. The zero-order chi connectivity index (χ0) is 19.6. The summed E-state index contributed by atoms with van der Waals surface area (Å²) >= 11 is 9.29. The first-order valence-electron chi connectivity index (χ1n) is 8.54. The van der Waals surface area contributed by atoms with E-state index in [1.807, 2.05) is 60.7 Å². The molecule has 142 valence electrons. The van der Waals surface area contributed by atoms with E-state index < -0.39 is 18.0 Å². The van der Waals surface area contributed by atoms with Gasteiger partial charge in [-0.25, -0.2) is 0 Å². The molecule has 0 bridgehead atoms. The lowest BCUT2D eigenvalue weighted by atomic mass is 10.0. The van der Waals surface area contributed by atoms with Crippen molar-refractivity contribution >= 4 is 42.2 Å². The van der Waals surface area contributed by atoms with Crippen LogP contribution in [0.25, 0.3) is 0 Å². The van der Waals surface area contributed by atoms with E-state index in [-0.39, 0.29) is 11.7 Å². The van der Waals surface area contributed by atoms with Crippen LogP contribution in [0.3, 0.4) is 0 Å². The van der Waals surface area contributed by atoms with Crippen LogP contribution in [0, 0.1) is 0 Å². The molecule has 0 unspecified atom stereocenters. The zero-order valence-electron chi connectivity index (χ0n) is 14.8. The van der Waals surface area contributed by atoms with Crippen LogP contribution in [0.1, 0.15) is 11.1 Å². The van der Waals surface area contributed by atoms with Crippen molar-refractivity contribution in [1.29, 1.82) is 0 Å². The fourth-order valence-electron chi connectivity index (χ4n) is 2.69. The van der Waals surface area contributed by atoms with Crippen LogP contribution in [0.15, 0.2) is 60.7 Å². The van der Waals surface area contributed by atoms with Crippen molar-refractivity contribution in [3.8, 4) is 0 Å². The van der Waals surface area contributed by atoms with Crippen molar-refractivity contribution in [1.82, 2.24) is 10.2 Å². The SMILES string of the molecule is NC(=O)[C@H](CS)NC(=O)[C@H](Cc1ccccc1)N(C=S)Cc1ccccc1. The largest absolute Gasteiger partial charge is 0.368 e. The summed E-state index contributed by atoms with van der Waals surface area (Å²) in [4.78, 5) is 26.2. The molecule has 5 nitrogen and oxygen atoms in total. The minimum absolute atomic E-state index is 0.134. The molecule has 0 fully saturated rings. The van der Waals surface area contributed by atoms with Crippen molar-refractivity contribution in [3.63, 3.8) is 0 Å². The molecule has 2 atom stereocenters. The number of primary amides is 1. The van der Waals surface area contributed by atoms with Gasteiger partial charge in [0, 0.05) is 18.7 Å². The quantitative estimate of drug-likeness (QED) is 0.420. The second kappa shape index (κ2) is 10.7. The molecule has 3 N–H and O–H groups in total. The number of thiocarbonyl (C=S) groups is 1. The van der Waals surface area contributed by atoms with Crippen LogP contribution in [-0.2, 0) is 22.6 Å². The Labute approximate surface area is 170 Å². The average Bonchev–Trinajstić information content (AvgIpc) is 2.69. The third-order valence-corrected chi connectivity index (χ3v) is 4.80. The standard InChI is InChI=1S/C20H23N3O2S2/c21-19(24)17(13-26)22-20(25)18(11-15-7-3-1-4-8-15)23(14-27)12-16-9-5-2-6-10-16/h1-10,14,17-18,26H,11-13H2,(H2,21,24)(H,22,25)/t17-,18-/m0/s1. The Balaban J connectivity index is 2.25. The number of hydrogen-bond acceptors (Lipinski definition) is 4. The summed E-state index contributed by atoms with van der Waals surface area (Å²) in [6.45, 7) is 0.484. The lowest BCUT2D eigenvalue weighted by Crippen LogP contribution is -2.53. The monoisotopic (exact) mass is 401 g/mol. The summed E-state index contributed by atoms with van der Waals surface area (Å²) in [6, 6.07) is 18.0. The van der Waals surface area contributed by atoms with Gasteiger partial charge in [0.25, 0.3) is 0 Å². The van der Waals surface area contributed by atoms with Gasteiger partial charge in [-0.2, -0.15) is 12.6 Å². The van der Waals surface area contributed by atoms with Crippen molar-refractivity contribution in [2.75, 3.05) is 5.75 Å². The Hall–Kier alpha value is -2.38. The highest BCUT2D eigenvalue weighted by atomic mass is 32.1. The molecule has 0 aliphatic rings. The van der Waals surface area contributed by atoms with E-state index in [9.17, 15) is 9.59 Å². The number of carbonyl (C=O) groups is 2. The van der Waals surface area contributed by atoms with Crippen LogP contribution in [0.4, 0.5) is 0 Å². The van der Waals surface area contributed by atoms with E-state index >= 15 is 0 Å². The Bertz CT molecular complexity index is 756. The fraction of sp³-hybridized carbons (Fsp3) is 0.250. The van der Waals surface area contributed by atoms with Gasteiger partial charge in [0.05, 0.1) is 5.49 Å². The van der Waals surface area contributed by atoms with Gasteiger partial charge in [-0.15, -0.1) is 0 Å². The summed E-state index contributed by atoms with van der Waals surface area (Å²) in [5.74, 6) is -0.794. The topological polar surface area (TPSA) is 75.4 Å². The summed E-state index contributed by atoms with van der Waals surface area (Å²) in [5, 5.41) is 2.69. The highest BCUT2D eigenvalue weighted by molar-refractivity contribution is 7.80. The first kappa shape index (κ1) is 20.9. The van der Waals surface area contributed by atoms with Crippen LogP contribution in [0.2, 0.25) is 0 Å². The van der Waals surface area contributed by atoms with Crippen molar-refractivity contribution in [2.24, 2.45) is 5.73 Å². The van der Waals surface area contributed by atoms with Crippen LogP contribution >= 0.6 is 24.8 Å². The Morgan fingerprint density at radius 2 is 1.63 bits per heavy atom. The number of amides is 2. The molecule has 0 saturated carbocycles. The smallest absolute Gasteiger partial charge is 0.243 e. The summed E-state index contributed by atoms with van der Waals surface area (Å²) in [7, 11) is 0. The molecule has 0 aliphatic heterocycles. The van der Waals surface area contributed by atoms with E-state index in [0.29, 0.717) is 13.0 Å². The van der Waals surface area contributed by atoms with Gasteiger partial charge in [0.1, 0.15) is 12.1 Å². The lowest BCUT2D eigenvalue weighted by Gasteiger charge is -2.30. The van der Waals surface area contributed by atoms with E-state index in [0.717, 1.165) is 11.1 Å². The van der Waals surface area contributed by atoms with Crippen molar-refractivity contribution < 1.29 is 9.59 Å². The zero-order valence-corrected chi connectivity index (χ0v) is 16.5. The molecule has 27 heavy (non-hydrogen) atoms. The highest BCUT2D eigenvalue weighted by Crippen LogP contribution is 2.13. The van der Waals surface area contributed by atoms with E-state index in [4.69, 9.17) is 18.0 Å². The van der Waals surface area contributed by atoms with Gasteiger partial charge in [-0.1, -0.05) is 72.9 Å². The van der Waals surface area contributed by atoms with Gasteiger partial charge in [-0.3, -0.25) is 9.59 Å². The minimum Gasteiger partial charge on any atom is -0.368 e. The number of nitrogens with zero attached hydrogens (tertiary/aromatic N) is 1. The van der Waals surface area contributed by atoms with Crippen LogP contribution < -0.4 is 11.1 Å². The molecule has 0 heterocycles. The lowest BCUT2D eigenvalue weighted by molar-refractivity contribution is -0.129. The molecule has 2 amide bonds. The Morgan fingerprint density at radius 1 is 1.07 bits per heavy atom. The molecule has 0 spiro atoms. The second-order valence-corrected chi connectivity index (χ2v) is 6.69. The molecular weight excluding hydrogens is 378 g/mol. The van der Waals surface area contributed by atoms with Gasteiger partial charge in [-0.05, 0) is 11.1 Å². The highest BCUT2D eigenvalue weighted by Gasteiger charge is 2.27. The first-order chi connectivity index (χ1) is 13.0. The van der Waals surface area contributed by atoms with Gasteiger partial charge < -0.3 is 16.0 Å². The normalized spacial score (nSPS) is 12.6. The van der Waals surface area contributed by atoms with E-state index in [1.165, 1.54) is 5.49 Å². The molecule has 0 aliphatic carbocycles. The maximum Gasteiger partial charge on any atom is 0.243 e. The van der Waals surface area contributed by atoms with E-state index in [2.05, 4.69) is 17.9 Å². The third kappa shape index (κ3) is 6.37. The predicted octanol–water partition coefficient (Wildman–Crippen LogP) is 1.96. The summed E-state index contributed by atoms with van der Waals surface area (Å²) in [5.41, 5.74) is 8.85. The number of carbonyl (C=O) groups excluding carboxylic acids is 2. The van der Waals surface area contributed by atoms with Gasteiger partial charge in [0.15, 0.2) is 0 Å². The van der Waals surface area contributed by atoms with Crippen LogP contribution in [-0.4, -0.2) is 40.0 Å². The van der Waals surface area contributed by atoms with E-state index in [1.54, 1.807) is 4.90 Å². The third-order valence-electron chi connectivity index (χ3n) is 4.16. The predicted molar refractivity (Wildman–Crippen MR) is 115 cm³/mol. The molecule has 2 aromatic rings. The first-order valence-corrected chi connectivity index (χ1v) is 9.65. The van der Waals surface area contributed by atoms with Crippen LogP contribution in [0.5, 0.6) is 0 Å². The number of nitrogens with two attached hydrogens (primary N) is 1. The number of nitrogens with one attached hydrogen (secondary N) is 1. The van der Waals surface area contributed by atoms with Crippen molar-refractivity contribution in [3.05, 3.63) is 71.8 Å². The second-order valence-electron chi connectivity index (χ2n) is 6.11. The van der Waals surface area contributed by atoms with Gasteiger partial charge >= 0.3 is 0 Å². The molecule has 7 heteroatoms. The Kier molecular flexibility index (Phi) is 8.29. The summed E-state index contributed by atoms with van der Waals surface area (Å²) in [6.07, 6.45) is 0.449. The number of rotatable bonds is 10. The maximum atomic E-state index is 13.0. The average molecular weight is 402 g/mol. The minimum atomic E-state index is -0.831. The molecule has 0 aromatic heterocycles. The number of hydrogen-bond donors (Lipinski definition) is 3. The Morgan fingerprint density at radius 3 is 2.11 bits per heavy atom. The number of thiol groups is 1. The molecule has 2 rings (SSSR count). The molecule has 0 radical (unpaired) electrons. The maximum absolute atomic E-state index is 13.0.